The fourth-order valence-corrected chi connectivity index (χ4v) is 3.73. The van der Waals surface area contributed by atoms with Gasteiger partial charge >= 0.3 is 5.97 Å². The molecule has 0 heterocycles. The van der Waals surface area contributed by atoms with Gasteiger partial charge in [-0.05, 0) is 68.8 Å². The molecule has 0 radical (unpaired) electrons. The van der Waals surface area contributed by atoms with Crippen LogP contribution in [0.2, 0.25) is 0 Å². The summed E-state index contributed by atoms with van der Waals surface area (Å²) in [6, 6.07) is 6.93. The molecule has 2 N–H and O–H groups in total. The Hall–Kier alpha value is -1.00. The van der Waals surface area contributed by atoms with E-state index < -0.39 is 10.7 Å². The summed E-state index contributed by atoms with van der Waals surface area (Å²) >= 11 is 1.42. The highest BCUT2D eigenvalue weighted by molar-refractivity contribution is 8.01. The van der Waals surface area contributed by atoms with Crippen molar-refractivity contribution in [2.24, 2.45) is 5.92 Å². The molecule has 1 aromatic rings. The second-order valence-electron chi connectivity index (χ2n) is 7.09. The van der Waals surface area contributed by atoms with Gasteiger partial charge in [-0.1, -0.05) is 19.9 Å². The predicted molar refractivity (Wildman–Crippen MR) is 92.7 cm³/mol. The van der Waals surface area contributed by atoms with Gasteiger partial charge in [-0.2, -0.15) is 0 Å². The van der Waals surface area contributed by atoms with Crippen molar-refractivity contribution in [2.45, 2.75) is 62.6 Å². The molecule has 0 aromatic heterocycles. The van der Waals surface area contributed by atoms with Crippen molar-refractivity contribution in [3.63, 3.8) is 0 Å². The highest BCUT2D eigenvalue weighted by atomic mass is 32.2. The molecule has 1 atom stereocenters. The summed E-state index contributed by atoms with van der Waals surface area (Å²) in [5.74, 6) is -0.0382. The van der Waals surface area contributed by atoms with E-state index in [0.717, 1.165) is 30.2 Å². The van der Waals surface area contributed by atoms with E-state index in [4.69, 9.17) is 0 Å². The number of carboxylic acid groups (broad SMARTS) is 1. The lowest BCUT2D eigenvalue weighted by Gasteiger charge is -2.18. The zero-order valence-corrected chi connectivity index (χ0v) is 14.8. The largest absolute Gasteiger partial charge is 0.480 e. The maximum absolute atomic E-state index is 11.3. The first kappa shape index (κ1) is 17.4. The molecule has 1 aromatic carbocycles. The first-order valence-electron chi connectivity index (χ1n) is 8.05. The van der Waals surface area contributed by atoms with Crippen LogP contribution in [-0.4, -0.2) is 28.4 Å². The molecule has 122 valence electrons. The third-order valence-corrected chi connectivity index (χ3v) is 5.33. The Morgan fingerprint density at radius 2 is 2.05 bits per heavy atom. The fraction of sp³-hybridized carbons (Fsp3) is 0.611. The lowest BCUT2D eigenvalue weighted by Crippen LogP contribution is -2.30. The number of carbonyl (C=O) groups is 1. The molecule has 0 fully saturated rings. The number of hydrogen-bond acceptors (Lipinski definition) is 3. The molecular weight excluding hydrogens is 294 g/mol. The van der Waals surface area contributed by atoms with Crippen LogP contribution in [0.1, 0.15) is 45.2 Å². The summed E-state index contributed by atoms with van der Waals surface area (Å²) < 4.78 is -0.790. The molecule has 1 aliphatic rings. The summed E-state index contributed by atoms with van der Waals surface area (Å²) in [6.45, 7) is 9.08. The number of fused-ring (bicyclic) bond motifs is 1. The van der Waals surface area contributed by atoms with Crippen LogP contribution in [0.3, 0.4) is 0 Å². The SMILES string of the molecule is CC(C)CCNC1Cc2ccc(SC(C)(C)C(=O)O)cc2C1. The van der Waals surface area contributed by atoms with Crippen molar-refractivity contribution in [1.29, 1.82) is 0 Å². The molecule has 0 bridgehead atoms. The molecule has 3 nitrogen and oxygen atoms in total. The molecular formula is C18H27NO2S. The molecule has 1 aliphatic carbocycles. The lowest BCUT2D eigenvalue weighted by molar-refractivity contribution is -0.138. The van der Waals surface area contributed by atoms with Crippen molar-refractivity contribution in [1.82, 2.24) is 5.32 Å². The number of hydrogen-bond donors (Lipinski definition) is 2. The van der Waals surface area contributed by atoms with Crippen LogP contribution in [0.25, 0.3) is 0 Å². The molecule has 22 heavy (non-hydrogen) atoms. The van der Waals surface area contributed by atoms with Gasteiger partial charge < -0.3 is 10.4 Å². The van der Waals surface area contributed by atoms with Crippen LogP contribution in [-0.2, 0) is 17.6 Å². The van der Waals surface area contributed by atoms with Gasteiger partial charge in [-0.25, -0.2) is 0 Å². The topological polar surface area (TPSA) is 49.3 Å². The Balaban J connectivity index is 1.96. The molecule has 0 spiro atoms. The van der Waals surface area contributed by atoms with Crippen LogP contribution >= 0.6 is 11.8 Å². The van der Waals surface area contributed by atoms with Crippen molar-refractivity contribution in [3.05, 3.63) is 29.3 Å². The highest BCUT2D eigenvalue weighted by Gasteiger charge is 2.29. The van der Waals surface area contributed by atoms with Crippen LogP contribution in [0.15, 0.2) is 23.1 Å². The van der Waals surface area contributed by atoms with Crippen molar-refractivity contribution < 1.29 is 9.90 Å². The number of aliphatic carboxylic acids is 1. The average Bonchev–Trinajstić information content (AvgIpc) is 2.79. The zero-order valence-electron chi connectivity index (χ0n) is 14.0. The fourth-order valence-electron chi connectivity index (χ4n) is 2.72. The van der Waals surface area contributed by atoms with E-state index in [1.165, 1.54) is 29.3 Å². The van der Waals surface area contributed by atoms with E-state index in [1.54, 1.807) is 13.8 Å². The quantitative estimate of drug-likeness (QED) is 0.751. The van der Waals surface area contributed by atoms with Crippen LogP contribution < -0.4 is 5.32 Å². The number of rotatable bonds is 7. The normalized spacial score (nSPS) is 17.8. The Labute approximate surface area is 137 Å². The van der Waals surface area contributed by atoms with Gasteiger partial charge in [0.15, 0.2) is 0 Å². The van der Waals surface area contributed by atoms with Gasteiger partial charge in [-0.3, -0.25) is 4.79 Å². The highest BCUT2D eigenvalue weighted by Crippen LogP contribution is 2.35. The van der Waals surface area contributed by atoms with Gasteiger partial charge in [0.1, 0.15) is 4.75 Å². The molecule has 0 saturated heterocycles. The minimum atomic E-state index is -0.790. The van der Waals surface area contributed by atoms with E-state index in [-0.39, 0.29) is 0 Å². The summed E-state index contributed by atoms with van der Waals surface area (Å²) in [7, 11) is 0. The van der Waals surface area contributed by atoms with Crippen molar-refractivity contribution in [2.75, 3.05) is 6.54 Å². The molecule has 0 aliphatic heterocycles. The Morgan fingerprint density at radius 3 is 2.68 bits per heavy atom. The standard InChI is InChI=1S/C18H27NO2S/c1-12(2)7-8-19-15-9-13-5-6-16(11-14(13)10-15)22-18(3,4)17(20)21/h5-6,11-12,15,19H,7-10H2,1-4H3,(H,20,21). The lowest BCUT2D eigenvalue weighted by atomic mass is 10.1. The summed E-state index contributed by atoms with van der Waals surface area (Å²) in [4.78, 5) is 12.3. The van der Waals surface area contributed by atoms with Crippen molar-refractivity contribution >= 4 is 17.7 Å². The molecule has 0 amide bonds. The van der Waals surface area contributed by atoms with E-state index in [2.05, 4.69) is 37.4 Å². The predicted octanol–water partition coefficient (Wildman–Crippen LogP) is 3.74. The zero-order chi connectivity index (χ0) is 16.3. The van der Waals surface area contributed by atoms with Gasteiger partial charge in [0, 0.05) is 10.9 Å². The minimum Gasteiger partial charge on any atom is -0.480 e. The Kier molecular flexibility index (Phi) is 5.56. The molecule has 4 heteroatoms. The van der Waals surface area contributed by atoms with Gasteiger partial charge in [0.05, 0.1) is 0 Å². The third kappa shape index (κ3) is 4.50. The van der Waals surface area contributed by atoms with E-state index in [0.29, 0.717) is 6.04 Å². The minimum absolute atomic E-state index is 0.529. The van der Waals surface area contributed by atoms with Crippen LogP contribution in [0, 0.1) is 5.92 Å². The number of benzene rings is 1. The first-order valence-corrected chi connectivity index (χ1v) is 8.87. The van der Waals surface area contributed by atoms with E-state index in [9.17, 15) is 9.90 Å². The molecule has 2 rings (SSSR count). The molecule has 0 saturated carbocycles. The smallest absolute Gasteiger partial charge is 0.319 e. The van der Waals surface area contributed by atoms with E-state index in [1.807, 2.05) is 0 Å². The van der Waals surface area contributed by atoms with Crippen molar-refractivity contribution in [3.8, 4) is 0 Å². The first-order chi connectivity index (χ1) is 10.3. The summed E-state index contributed by atoms with van der Waals surface area (Å²) in [5, 5.41) is 12.9. The third-order valence-electron chi connectivity index (χ3n) is 4.15. The summed E-state index contributed by atoms with van der Waals surface area (Å²) in [5.41, 5.74) is 2.77. The second-order valence-corrected chi connectivity index (χ2v) is 8.79. The Bertz CT molecular complexity index is 540. The molecule has 1 unspecified atom stereocenters. The van der Waals surface area contributed by atoms with E-state index >= 15 is 0 Å². The number of carboxylic acids is 1. The number of thioether (sulfide) groups is 1. The maximum atomic E-state index is 11.3. The number of nitrogens with one attached hydrogen (secondary N) is 1. The maximum Gasteiger partial charge on any atom is 0.319 e. The average molecular weight is 321 g/mol. The van der Waals surface area contributed by atoms with Gasteiger partial charge in [0.25, 0.3) is 0 Å². The summed E-state index contributed by atoms with van der Waals surface area (Å²) in [6.07, 6.45) is 3.34. The Morgan fingerprint density at radius 1 is 1.36 bits per heavy atom. The second kappa shape index (κ2) is 7.05. The van der Waals surface area contributed by atoms with Crippen LogP contribution in [0.4, 0.5) is 0 Å². The van der Waals surface area contributed by atoms with Gasteiger partial charge in [-0.15, -0.1) is 11.8 Å². The van der Waals surface area contributed by atoms with Gasteiger partial charge in [0.2, 0.25) is 0 Å². The monoisotopic (exact) mass is 321 g/mol. The van der Waals surface area contributed by atoms with Crippen LogP contribution in [0.5, 0.6) is 0 Å².